The molecule has 2 aliphatic rings. The number of carbonyl (C=O) groups is 2. The Kier molecular flexibility index (Phi) is 3.90. The molecule has 0 saturated heterocycles. The van der Waals surface area contributed by atoms with Gasteiger partial charge < -0.3 is 10.2 Å². The van der Waals surface area contributed by atoms with Crippen LogP contribution in [0, 0.1) is 16.7 Å². The van der Waals surface area contributed by atoms with Gasteiger partial charge in [-0.15, -0.1) is 0 Å². The summed E-state index contributed by atoms with van der Waals surface area (Å²) in [5.74, 6) is 0.899. The van der Waals surface area contributed by atoms with Crippen molar-refractivity contribution in [2.45, 2.75) is 33.6 Å². The van der Waals surface area contributed by atoms with Gasteiger partial charge in [0, 0.05) is 22.8 Å². The maximum Gasteiger partial charge on any atom is 0.269 e. The summed E-state index contributed by atoms with van der Waals surface area (Å²) in [7, 11) is 1.58. The van der Waals surface area contributed by atoms with Gasteiger partial charge in [-0.3, -0.25) is 15.0 Å². The molecule has 2 saturated carbocycles. The molecule has 2 N–H and O–H groups in total. The zero-order valence-corrected chi connectivity index (χ0v) is 14.6. The van der Waals surface area contributed by atoms with Crippen LogP contribution in [0.25, 0.3) is 0 Å². The molecule has 0 heterocycles. The minimum atomic E-state index is -0.287. The van der Waals surface area contributed by atoms with E-state index in [4.69, 9.17) is 4.74 Å². The highest BCUT2D eigenvalue weighted by atomic mass is 16.5. The maximum absolute atomic E-state index is 12.7. The third-order valence-corrected chi connectivity index (χ3v) is 6.13. The number of ketones is 1. The van der Waals surface area contributed by atoms with E-state index in [0.717, 1.165) is 18.4 Å². The smallest absolute Gasteiger partial charge is 0.269 e. The van der Waals surface area contributed by atoms with Gasteiger partial charge in [-0.1, -0.05) is 20.8 Å². The van der Waals surface area contributed by atoms with Crippen molar-refractivity contribution in [2.75, 3.05) is 7.11 Å². The lowest BCUT2D eigenvalue weighted by Crippen LogP contribution is -2.35. The van der Waals surface area contributed by atoms with Crippen LogP contribution < -0.4 is 15.6 Å². The summed E-state index contributed by atoms with van der Waals surface area (Å²) in [5.41, 5.74) is 6.44. The van der Waals surface area contributed by atoms with Gasteiger partial charge in [0.15, 0.2) is 5.78 Å². The number of amides is 1. The molecule has 2 bridgehead atoms. The zero-order valence-electron chi connectivity index (χ0n) is 14.6. The highest BCUT2D eigenvalue weighted by Gasteiger charge is 2.63. The first kappa shape index (κ1) is 16.6. The van der Waals surface area contributed by atoms with E-state index in [1.165, 1.54) is 0 Å². The summed E-state index contributed by atoms with van der Waals surface area (Å²) in [5, 5.41) is 0. The molecule has 5 heteroatoms. The molecular formula is C19H24N2O3. The van der Waals surface area contributed by atoms with Crippen LogP contribution in [0.15, 0.2) is 36.0 Å². The number of Topliss-reactive ketones (excluding diaryl/α,β-unsaturated/α-hetero) is 1. The molecule has 1 aromatic carbocycles. The molecule has 1 amide bonds. The molecule has 128 valence electrons. The second-order valence-electron chi connectivity index (χ2n) is 7.40. The van der Waals surface area contributed by atoms with Crippen LogP contribution in [0.2, 0.25) is 0 Å². The quantitative estimate of drug-likeness (QED) is 0.659. The molecule has 5 nitrogen and oxygen atoms in total. The monoisotopic (exact) mass is 328 g/mol. The van der Waals surface area contributed by atoms with Crippen molar-refractivity contribution in [1.29, 1.82) is 0 Å². The van der Waals surface area contributed by atoms with Gasteiger partial charge in [0.1, 0.15) is 5.75 Å². The van der Waals surface area contributed by atoms with Crippen molar-refractivity contribution in [3.05, 3.63) is 41.6 Å². The van der Waals surface area contributed by atoms with Gasteiger partial charge in [0.2, 0.25) is 0 Å². The number of rotatable bonds is 4. The number of benzene rings is 1. The number of hydrogen-bond acceptors (Lipinski definition) is 4. The molecule has 1 aromatic rings. The second kappa shape index (κ2) is 5.65. The molecule has 0 aromatic heterocycles. The van der Waals surface area contributed by atoms with Crippen LogP contribution in [0.4, 0.5) is 0 Å². The predicted octanol–water partition coefficient (Wildman–Crippen LogP) is 2.84. The Balaban J connectivity index is 1.66. The predicted molar refractivity (Wildman–Crippen MR) is 91.3 cm³/mol. The van der Waals surface area contributed by atoms with Gasteiger partial charge in [-0.2, -0.15) is 0 Å². The van der Waals surface area contributed by atoms with E-state index >= 15 is 0 Å². The van der Waals surface area contributed by atoms with Crippen molar-refractivity contribution in [3.8, 4) is 5.75 Å². The SMILES string of the molecule is COc1ccc(C(=O)NN/C=C2\C(=O)C3(C)CCC2C3(C)C)cc1. The molecule has 2 aliphatic carbocycles. The van der Waals surface area contributed by atoms with Crippen LogP contribution in [0.5, 0.6) is 5.75 Å². The second-order valence-corrected chi connectivity index (χ2v) is 7.40. The number of nitrogens with one attached hydrogen (secondary N) is 2. The molecule has 24 heavy (non-hydrogen) atoms. The summed E-state index contributed by atoms with van der Waals surface area (Å²) in [6.07, 6.45) is 3.63. The Bertz CT molecular complexity index is 706. The minimum Gasteiger partial charge on any atom is -0.497 e. The Morgan fingerprint density at radius 3 is 2.46 bits per heavy atom. The van der Waals surface area contributed by atoms with Crippen LogP contribution in [0.3, 0.4) is 0 Å². The van der Waals surface area contributed by atoms with E-state index in [2.05, 4.69) is 31.6 Å². The van der Waals surface area contributed by atoms with Crippen LogP contribution in [0.1, 0.15) is 44.0 Å². The molecule has 0 aliphatic heterocycles. The number of allylic oxidation sites excluding steroid dienone is 1. The number of ether oxygens (including phenoxy) is 1. The van der Waals surface area contributed by atoms with Gasteiger partial charge in [0.05, 0.1) is 7.11 Å². The largest absolute Gasteiger partial charge is 0.497 e. The topological polar surface area (TPSA) is 67.4 Å². The first-order valence-corrected chi connectivity index (χ1v) is 8.26. The first-order chi connectivity index (χ1) is 11.3. The molecule has 2 atom stereocenters. The number of methoxy groups -OCH3 is 1. The summed E-state index contributed by atoms with van der Waals surface area (Å²) >= 11 is 0. The zero-order chi connectivity index (χ0) is 17.5. The average Bonchev–Trinajstić information content (AvgIpc) is 2.88. The fraction of sp³-hybridized carbons (Fsp3) is 0.474. The Labute approximate surface area is 142 Å². The summed E-state index contributed by atoms with van der Waals surface area (Å²) in [6, 6.07) is 6.85. The normalized spacial score (nSPS) is 28.9. The molecular weight excluding hydrogens is 304 g/mol. The van der Waals surface area contributed by atoms with E-state index < -0.39 is 0 Å². The van der Waals surface area contributed by atoms with E-state index in [1.807, 2.05) is 0 Å². The molecule has 2 fully saturated rings. The van der Waals surface area contributed by atoms with Crippen molar-refractivity contribution in [3.63, 3.8) is 0 Å². The van der Waals surface area contributed by atoms with Crippen LogP contribution in [-0.4, -0.2) is 18.8 Å². The highest BCUT2D eigenvalue weighted by molar-refractivity contribution is 6.04. The molecule has 2 unspecified atom stereocenters. The number of fused-ring (bicyclic) bond motifs is 2. The van der Waals surface area contributed by atoms with E-state index in [1.54, 1.807) is 37.6 Å². The van der Waals surface area contributed by atoms with Gasteiger partial charge in [-0.05, 0) is 48.4 Å². The molecule has 0 spiro atoms. The van der Waals surface area contributed by atoms with E-state index in [0.29, 0.717) is 11.3 Å². The maximum atomic E-state index is 12.7. The number of carbonyl (C=O) groups excluding carboxylic acids is 2. The van der Waals surface area contributed by atoms with Crippen molar-refractivity contribution < 1.29 is 14.3 Å². The van der Waals surface area contributed by atoms with Crippen molar-refractivity contribution in [1.82, 2.24) is 10.9 Å². The lowest BCUT2D eigenvalue weighted by atomic mass is 9.70. The summed E-state index contributed by atoms with van der Waals surface area (Å²) in [4.78, 5) is 24.8. The minimum absolute atomic E-state index is 0.0302. The lowest BCUT2D eigenvalue weighted by molar-refractivity contribution is -0.125. The van der Waals surface area contributed by atoms with Gasteiger partial charge in [-0.25, -0.2) is 0 Å². The molecule has 3 rings (SSSR count). The van der Waals surface area contributed by atoms with Gasteiger partial charge in [0.25, 0.3) is 5.91 Å². The Morgan fingerprint density at radius 1 is 1.25 bits per heavy atom. The van der Waals surface area contributed by atoms with Crippen LogP contribution >= 0.6 is 0 Å². The van der Waals surface area contributed by atoms with E-state index in [-0.39, 0.29) is 28.4 Å². The molecule has 0 radical (unpaired) electrons. The first-order valence-electron chi connectivity index (χ1n) is 8.26. The van der Waals surface area contributed by atoms with Crippen molar-refractivity contribution >= 4 is 11.7 Å². The fourth-order valence-corrected chi connectivity index (χ4v) is 4.09. The third kappa shape index (κ3) is 2.30. The van der Waals surface area contributed by atoms with Gasteiger partial charge >= 0.3 is 0 Å². The number of hydrogen-bond donors (Lipinski definition) is 2. The number of hydrazine groups is 1. The third-order valence-electron chi connectivity index (χ3n) is 6.13. The van der Waals surface area contributed by atoms with Crippen LogP contribution in [-0.2, 0) is 4.79 Å². The highest BCUT2D eigenvalue weighted by Crippen LogP contribution is 2.65. The Hall–Kier alpha value is -2.30. The Morgan fingerprint density at radius 2 is 1.92 bits per heavy atom. The fourth-order valence-electron chi connectivity index (χ4n) is 4.09. The standard InChI is InChI=1S/C19H24N2O3/c1-18(2)15-9-10-19(18,3)16(22)14(15)11-20-21-17(23)12-5-7-13(24-4)8-6-12/h5-8,11,15,20H,9-10H2,1-4H3,(H,21,23)/b14-11-. The lowest BCUT2D eigenvalue weighted by Gasteiger charge is -2.31. The summed E-state index contributed by atoms with van der Waals surface area (Å²) in [6.45, 7) is 6.39. The van der Waals surface area contributed by atoms with E-state index in [9.17, 15) is 9.59 Å². The average molecular weight is 328 g/mol. The summed E-state index contributed by atoms with van der Waals surface area (Å²) < 4.78 is 5.07. The van der Waals surface area contributed by atoms with Crippen molar-refractivity contribution in [2.24, 2.45) is 16.7 Å².